The van der Waals surface area contributed by atoms with Crippen molar-refractivity contribution in [3.05, 3.63) is 22.3 Å². The van der Waals surface area contributed by atoms with E-state index < -0.39 is 11.2 Å². The molecule has 0 aromatic heterocycles. The van der Waals surface area contributed by atoms with Crippen LogP contribution in [0.4, 0.5) is 0 Å². The van der Waals surface area contributed by atoms with Crippen LogP contribution in [0.1, 0.15) is 67.2 Å². The molecular formula is C26H42N4O6. The van der Waals surface area contributed by atoms with Gasteiger partial charge in [0.05, 0.1) is 0 Å². The molecule has 0 spiro atoms. The van der Waals surface area contributed by atoms with Crippen molar-refractivity contribution in [2.45, 2.75) is 78.4 Å². The van der Waals surface area contributed by atoms with Gasteiger partial charge in [0.1, 0.15) is 22.3 Å². The van der Waals surface area contributed by atoms with Gasteiger partial charge in [0.2, 0.25) is 11.8 Å². The van der Waals surface area contributed by atoms with Crippen LogP contribution in [-0.2, 0) is 28.5 Å². The molecule has 0 aromatic carbocycles. The SMILES string of the molecule is CC1=C(C(=O)NCCCOCCCCOCCCNC(=O)C2=C(C)C(C)(C)OC2=N)C(=N)OC1(C)C. The summed E-state index contributed by atoms with van der Waals surface area (Å²) in [6.45, 7) is 14.3. The van der Waals surface area contributed by atoms with Gasteiger partial charge in [-0.15, -0.1) is 0 Å². The van der Waals surface area contributed by atoms with Crippen molar-refractivity contribution in [1.29, 1.82) is 10.8 Å². The Morgan fingerprint density at radius 3 is 1.33 bits per heavy atom. The minimum absolute atomic E-state index is 0.0735. The quantitative estimate of drug-likeness (QED) is 0.252. The van der Waals surface area contributed by atoms with E-state index in [0.717, 1.165) is 24.0 Å². The molecule has 0 fully saturated rings. The largest absolute Gasteiger partial charge is 0.467 e. The molecule has 2 rings (SSSR count). The molecule has 0 saturated heterocycles. The number of hydrogen-bond acceptors (Lipinski definition) is 8. The molecule has 2 aliphatic rings. The van der Waals surface area contributed by atoms with Gasteiger partial charge in [0, 0.05) is 39.5 Å². The summed E-state index contributed by atoms with van der Waals surface area (Å²) in [6.07, 6.45) is 3.14. The number of ether oxygens (including phenoxy) is 4. The zero-order chi connectivity index (χ0) is 26.9. The molecule has 10 heteroatoms. The van der Waals surface area contributed by atoms with E-state index in [1.807, 2.05) is 41.5 Å². The van der Waals surface area contributed by atoms with Crippen LogP contribution in [0.25, 0.3) is 0 Å². The third kappa shape index (κ3) is 7.89. The highest BCUT2D eigenvalue weighted by Crippen LogP contribution is 2.32. The Labute approximate surface area is 214 Å². The maximum Gasteiger partial charge on any atom is 0.256 e. The normalized spacial score (nSPS) is 18.4. The Bertz CT molecular complexity index is 845. The minimum Gasteiger partial charge on any atom is -0.467 e. The molecular weight excluding hydrogens is 464 g/mol. The Hall–Kier alpha value is -2.72. The second kappa shape index (κ2) is 13.0. The first-order valence-corrected chi connectivity index (χ1v) is 12.6. The van der Waals surface area contributed by atoms with Crippen LogP contribution >= 0.6 is 0 Å². The van der Waals surface area contributed by atoms with Gasteiger partial charge in [-0.25, -0.2) is 0 Å². The smallest absolute Gasteiger partial charge is 0.256 e. The first kappa shape index (κ1) is 29.5. The molecule has 0 unspecified atom stereocenters. The van der Waals surface area contributed by atoms with Crippen molar-refractivity contribution >= 4 is 23.6 Å². The number of unbranched alkanes of at least 4 members (excludes halogenated alkanes) is 1. The summed E-state index contributed by atoms with van der Waals surface area (Å²) in [5.41, 5.74) is 0.958. The van der Waals surface area contributed by atoms with E-state index in [-0.39, 0.29) is 23.6 Å². The number of amides is 2. The topological polar surface area (TPSA) is 143 Å². The Kier molecular flexibility index (Phi) is 10.7. The zero-order valence-electron chi connectivity index (χ0n) is 22.5. The van der Waals surface area contributed by atoms with Crippen LogP contribution in [-0.4, -0.2) is 74.3 Å². The predicted molar refractivity (Wildman–Crippen MR) is 137 cm³/mol. The van der Waals surface area contributed by atoms with Crippen LogP contribution in [0, 0.1) is 10.8 Å². The molecule has 0 bridgehead atoms. The third-order valence-corrected chi connectivity index (χ3v) is 6.51. The molecule has 2 aliphatic heterocycles. The highest BCUT2D eigenvalue weighted by molar-refractivity contribution is 6.20. The maximum absolute atomic E-state index is 12.3. The van der Waals surface area contributed by atoms with E-state index in [1.54, 1.807) is 0 Å². The third-order valence-electron chi connectivity index (χ3n) is 6.51. The van der Waals surface area contributed by atoms with Crippen LogP contribution < -0.4 is 10.6 Å². The first-order valence-electron chi connectivity index (χ1n) is 12.6. The monoisotopic (exact) mass is 506 g/mol. The molecule has 36 heavy (non-hydrogen) atoms. The molecule has 0 radical (unpaired) electrons. The summed E-state index contributed by atoms with van der Waals surface area (Å²) in [5.74, 6) is -0.697. The summed E-state index contributed by atoms with van der Waals surface area (Å²) in [4.78, 5) is 24.6. The minimum atomic E-state index is -0.613. The lowest BCUT2D eigenvalue weighted by Gasteiger charge is -2.18. The average Bonchev–Trinajstić information content (AvgIpc) is 3.12. The van der Waals surface area contributed by atoms with Gasteiger partial charge in [-0.3, -0.25) is 20.4 Å². The summed E-state index contributed by atoms with van der Waals surface area (Å²) in [5, 5.41) is 21.4. The van der Waals surface area contributed by atoms with E-state index in [0.29, 0.717) is 63.5 Å². The highest BCUT2D eigenvalue weighted by Gasteiger charge is 2.39. The van der Waals surface area contributed by atoms with E-state index in [9.17, 15) is 9.59 Å². The van der Waals surface area contributed by atoms with Crippen molar-refractivity contribution in [3.8, 4) is 0 Å². The standard InChI is InChI=1S/C26H42N4O6/c1-17-19(21(27)35-25(17,3)4)23(31)29-11-9-15-33-13-7-8-14-34-16-10-12-30-24(32)20-18(2)26(5,6)36-22(20)28/h27-28H,7-16H2,1-6H3,(H,29,31)(H,30,32). The molecule has 2 heterocycles. The van der Waals surface area contributed by atoms with Gasteiger partial charge in [0.15, 0.2) is 0 Å². The second-order valence-electron chi connectivity index (χ2n) is 10.0. The fourth-order valence-electron chi connectivity index (χ4n) is 3.80. The second-order valence-corrected chi connectivity index (χ2v) is 10.0. The Balaban J connectivity index is 1.43. The zero-order valence-corrected chi connectivity index (χ0v) is 22.5. The molecule has 202 valence electrons. The molecule has 0 saturated carbocycles. The molecule has 2 amide bonds. The summed E-state index contributed by atoms with van der Waals surface area (Å²) >= 11 is 0. The van der Waals surface area contributed by atoms with Gasteiger partial charge in [-0.1, -0.05) is 0 Å². The van der Waals surface area contributed by atoms with Crippen molar-refractivity contribution in [3.63, 3.8) is 0 Å². The van der Waals surface area contributed by atoms with Gasteiger partial charge >= 0.3 is 0 Å². The maximum atomic E-state index is 12.3. The molecule has 4 N–H and O–H groups in total. The summed E-state index contributed by atoms with van der Waals surface area (Å²) < 4.78 is 22.1. The van der Waals surface area contributed by atoms with E-state index in [2.05, 4.69) is 10.6 Å². The highest BCUT2D eigenvalue weighted by atomic mass is 16.5. The first-order chi connectivity index (χ1) is 16.9. The van der Waals surface area contributed by atoms with Crippen molar-refractivity contribution in [1.82, 2.24) is 10.6 Å². The predicted octanol–water partition coefficient (Wildman–Crippen LogP) is 3.02. The fourth-order valence-corrected chi connectivity index (χ4v) is 3.80. The lowest BCUT2D eigenvalue weighted by atomic mass is 9.97. The Morgan fingerprint density at radius 1 is 0.694 bits per heavy atom. The molecule has 0 aliphatic carbocycles. The van der Waals surface area contributed by atoms with Gasteiger partial charge in [-0.05, 0) is 78.4 Å². The van der Waals surface area contributed by atoms with Crippen LogP contribution in [0.15, 0.2) is 22.3 Å². The van der Waals surface area contributed by atoms with Gasteiger partial charge < -0.3 is 29.6 Å². The number of carbonyl (C=O) groups excluding carboxylic acids is 2. The Morgan fingerprint density at radius 2 is 1.03 bits per heavy atom. The number of carbonyl (C=O) groups is 2. The van der Waals surface area contributed by atoms with E-state index >= 15 is 0 Å². The lowest BCUT2D eigenvalue weighted by molar-refractivity contribution is -0.117. The van der Waals surface area contributed by atoms with E-state index in [4.69, 9.17) is 29.8 Å². The van der Waals surface area contributed by atoms with Crippen LogP contribution in [0.5, 0.6) is 0 Å². The summed E-state index contributed by atoms with van der Waals surface area (Å²) in [7, 11) is 0. The van der Waals surface area contributed by atoms with Crippen molar-refractivity contribution in [2.24, 2.45) is 0 Å². The van der Waals surface area contributed by atoms with Crippen LogP contribution in [0.3, 0.4) is 0 Å². The van der Waals surface area contributed by atoms with E-state index in [1.165, 1.54) is 0 Å². The summed E-state index contributed by atoms with van der Waals surface area (Å²) in [6, 6.07) is 0. The number of hydrogen-bond donors (Lipinski definition) is 4. The fraction of sp³-hybridized carbons (Fsp3) is 0.692. The van der Waals surface area contributed by atoms with Crippen molar-refractivity contribution in [2.75, 3.05) is 39.5 Å². The van der Waals surface area contributed by atoms with Gasteiger partial charge in [-0.2, -0.15) is 0 Å². The lowest BCUT2D eigenvalue weighted by Crippen LogP contribution is -2.29. The molecule has 0 atom stereocenters. The van der Waals surface area contributed by atoms with Crippen molar-refractivity contribution < 1.29 is 28.5 Å². The molecule has 0 aromatic rings. The average molecular weight is 507 g/mol. The van der Waals surface area contributed by atoms with Crippen LogP contribution in [0.2, 0.25) is 0 Å². The number of nitrogens with one attached hydrogen (secondary N) is 4. The number of rotatable bonds is 15. The van der Waals surface area contributed by atoms with Gasteiger partial charge in [0.25, 0.3) is 11.8 Å². The molecule has 10 nitrogen and oxygen atoms in total.